The normalized spacial score (nSPS) is 35.6. The molecule has 2 rings (SSSR count). The van der Waals surface area contributed by atoms with Crippen LogP contribution in [0.25, 0.3) is 0 Å². The smallest absolute Gasteiger partial charge is 0.0373 e. The molecule has 0 aliphatic heterocycles. The molecule has 20 heavy (non-hydrogen) atoms. The summed E-state index contributed by atoms with van der Waals surface area (Å²) >= 11 is 6.40. The number of rotatable bonds is 5. The summed E-state index contributed by atoms with van der Waals surface area (Å²) in [7, 11) is 0. The van der Waals surface area contributed by atoms with Crippen molar-refractivity contribution in [1.29, 1.82) is 0 Å². The third-order valence-electron chi connectivity index (χ3n) is 5.66. The van der Waals surface area contributed by atoms with E-state index in [1.807, 2.05) is 0 Å². The van der Waals surface area contributed by atoms with Crippen LogP contribution in [0.2, 0.25) is 0 Å². The number of hydrogen-bond donors (Lipinski definition) is 0. The predicted molar refractivity (Wildman–Crippen MR) is 90.2 cm³/mol. The molecule has 0 aromatic carbocycles. The molecule has 0 nitrogen and oxygen atoms in total. The largest absolute Gasteiger partial charge is 0.123 e. The predicted octanol–water partition coefficient (Wildman–Crippen LogP) is 6.44. The highest BCUT2D eigenvalue weighted by atomic mass is 35.5. The van der Waals surface area contributed by atoms with Gasteiger partial charge in [-0.2, -0.15) is 0 Å². The van der Waals surface area contributed by atoms with Crippen molar-refractivity contribution in [2.24, 2.45) is 29.6 Å². The molecule has 0 bridgehead atoms. The van der Waals surface area contributed by atoms with Crippen molar-refractivity contribution in [2.45, 2.75) is 78.0 Å². The van der Waals surface area contributed by atoms with Crippen molar-refractivity contribution in [3.05, 3.63) is 11.6 Å². The average molecular weight is 297 g/mol. The Morgan fingerprint density at radius 3 is 2.65 bits per heavy atom. The molecule has 3 unspecified atom stereocenters. The van der Waals surface area contributed by atoms with Gasteiger partial charge >= 0.3 is 0 Å². The van der Waals surface area contributed by atoms with Crippen molar-refractivity contribution in [2.75, 3.05) is 0 Å². The van der Waals surface area contributed by atoms with E-state index in [9.17, 15) is 0 Å². The summed E-state index contributed by atoms with van der Waals surface area (Å²) in [4.78, 5) is 0. The Morgan fingerprint density at radius 2 is 2.00 bits per heavy atom. The van der Waals surface area contributed by atoms with Crippen LogP contribution in [0.1, 0.15) is 72.6 Å². The molecule has 0 spiro atoms. The van der Waals surface area contributed by atoms with E-state index in [4.69, 9.17) is 11.6 Å². The second-order valence-corrected chi connectivity index (χ2v) is 8.34. The summed E-state index contributed by atoms with van der Waals surface area (Å²) in [5, 5.41) is 0.404. The minimum absolute atomic E-state index is 0.404. The van der Waals surface area contributed by atoms with Crippen LogP contribution in [0.4, 0.5) is 0 Å². The first-order valence-corrected chi connectivity index (χ1v) is 9.29. The Labute approximate surface area is 131 Å². The second kappa shape index (κ2) is 7.34. The molecule has 0 radical (unpaired) electrons. The quantitative estimate of drug-likeness (QED) is 0.404. The van der Waals surface area contributed by atoms with Crippen LogP contribution in [0.5, 0.6) is 0 Å². The highest BCUT2D eigenvalue weighted by molar-refractivity contribution is 6.20. The van der Waals surface area contributed by atoms with Crippen LogP contribution >= 0.6 is 11.6 Å². The van der Waals surface area contributed by atoms with E-state index in [2.05, 4.69) is 33.8 Å². The lowest BCUT2D eigenvalue weighted by Gasteiger charge is -2.45. The van der Waals surface area contributed by atoms with E-state index >= 15 is 0 Å². The van der Waals surface area contributed by atoms with Gasteiger partial charge in [0.15, 0.2) is 0 Å². The van der Waals surface area contributed by atoms with E-state index in [1.54, 1.807) is 5.57 Å². The molecule has 1 fully saturated rings. The van der Waals surface area contributed by atoms with Gasteiger partial charge in [-0.05, 0) is 61.7 Å². The fourth-order valence-electron chi connectivity index (χ4n) is 4.75. The van der Waals surface area contributed by atoms with E-state index in [-0.39, 0.29) is 0 Å². The van der Waals surface area contributed by atoms with Crippen LogP contribution < -0.4 is 0 Å². The summed E-state index contributed by atoms with van der Waals surface area (Å²) in [5.41, 5.74) is 1.71. The maximum absolute atomic E-state index is 6.40. The first kappa shape index (κ1) is 16.4. The highest BCUT2D eigenvalue weighted by Crippen LogP contribution is 2.49. The van der Waals surface area contributed by atoms with E-state index in [1.165, 1.54) is 38.5 Å². The van der Waals surface area contributed by atoms with Gasteiger partial charge in [-0.3, -0.25) is 0 Å². The van der Waals surface area contributed by atoms with Gasteiger partial charge in [-0.25, -0.2) is 0 Å². The van der Waals surface area contributed by atoms with Gasteiger partial charge in [0.05, 0.1) is 0 Å². The Bertz CT molecular complexity index is 331. The Kier molecular flexibility index (Phi) is 6.02. The third-order valence-corrected chi connectivity index (χ3v) is 6.03. The van der Waals surface area contributed by atoms with Crippen molar-refractivity contribution < 1.29 is 0 Å². The molecule has 2 aliphatic rings. The zero-order valence-corrected chi connectivity index (χ0v) is 14.6. The SMILES string of the molecule is CCCC(C)C1CC=C2C[C@@H](Cl)CC[C@@H]2C1CC(C)C. The third kappa shape index (κ3) is 3.81. The van der Waals surface area contributed by atoms with Crippen molar-refractivity contribution in [3.63, 3.8) is 0 Å². The number of hydrogen-bond acceptors (Lipinski definition) is 0. The first-order chi connectivity index (χ1) is 9.52. The van der Waals surface area contributed by atoms with Gasteiger partial charge in [0.1, 0.15) is 0 Å². The molecule has 0 aromatic rings. The number of halogens is 1. The fourth-order valence-corrected chi connectivity index (χ4v) is 5.05. The second-order valence-electron chi connectivity index (χ2n) is 7.72. The summed E-state index contributed by atoms with van der Waals surface area (Å²) < 4.78 is 0. The van der Waals surface area contributed by atoms with Gasteiger partial charge < -0.3 is 0 Å². The standard InChI is InChI=1S/C19H33Cl/c1-5-6-14(4)17-9-7-15-12-16(20)8-10-18(15)19(17)11-13(2)3/h7,13-14,16-19H,5-6,8-12H2,1-4H3/t14?,16-,17?,18-,19?/m0/s1. The minimum Gasteiger partial charge on any atom is -0.123 e. The van der Waals surface area contributed by atoms with Crippen LogP contribution in [0, 0.1) is 29.6 Å². The number of allylic oxidation sites excluding steroid dienone is 2. The molecule has 0 aromatic heterocycles. The Balaban J connectivity index is 2.16. The van der Waals surface area contributed by atoms with E-state index in [0.29, 0.717) is 5.38 Å². The molecule has 5 atom stereocenters. The number of alkyl halides is 1. The molecule has 116 valence electrons. The molecule has 2 aliphatic carbocycles. The van der Waals surface area contributed by atoms with Crippen molar-refractivity contribution in [1.82, 2.24) is 0 Å². The van der Waals surface area contributed by atoms with Gasteiger partial charge in [-0.1, -0.05) is 52.2 Å². The van der Waals surface area contributed by atoms with Crippen molar-refractivity contribution >= 4 is 11.6 Å². The van der Waals surface area contributed by atoms with E-state index < -0.39 is 0 Å². The molecule has 1 saturated carbocycles. The summed E-state index contributed by atoms with van der Waals surface area (Å²) in [6.45, 7) is 9.61. The molecular formula is C19H33Cl. The zero-order valence-electron chi connectivity index (χ0n) is 13.9. The summed E-state index contributed by atoms with van der Waals surface area (Å²) in [6, 6.07) is 0. The maximum Gasteiger partial charge on any atom is 0.0373 e. The average Bonchev–Trinajstić information content (AvgIpc) is 2.38. The van der Waals surface area contributed by atoms with Crippen LogP contribution in [0.15, 0.2) is 11.6 Å². The lowest BCUT2D eigenvalue weighted by atomic mass is 9.61. The Morgan fingerprint density at radius 1 is 1.25 bits per heavy atom. The molecule has 0 saturated heterocycles. The van der Waals surface area contributed by atoms with E-state index in [0.717, 1.165) is 36.0 Å². The summed E-state index contributed by atoms with van der Waals surface area (Å²) in [5.74, 6) is 4.39. The van der Waals surface area contributed by atoms with Crippen LogP contribution in [0.3, 0.4) is 0 Å². The topological polar surface area (TPSA) is 0 Å². The van der Waals surface area contributed by atoms with Gasteiger partial charge in [0.25, 0.3) is 0 Å². The fraction of sp³-hybridized carbons (Fsp3) is 0.895. The lowest BCUT2D eigenvalue weighted by molar-refractivity contribution is 0.126. The Hall–Kier alpha value is 0.0300. The van der Waals surface area contributed by atoms with Crippen molar-refractivity contribution in [3.8, 4) is 0 Å². The molecule has 0 amide bonds. The molecule has 0 N–H and O–H groups in total. The molecular weight excluding hydrogens is 264 g/mol. The summed E-state index contributed by atoms with van der Waals surface area (Å²) in [6.07, 6.45) is 11.8. The minimum atomic E-state index is 0.404. The monoisotopic (exact) mass is 296 g/mol. The number of fused-ring (bicyclic) bond motifs is 1. The van der Waals surface area contributed by atoms with Gasteiger partial charge in [0, 0.05) is 5.38 Å². The molecule has 1 heteroatoms. The zero-order chi connectivity index (χ0) is 14.7. The molecule has 0 heterocycles. The first-order valence-electron chi connectivity index (χ1n) is 8.85. The van der Waals surface area contributed by atoms with Gasteiger partial charge in [0.2, 0.25) is 0 Å². The van der Waals surface area contributed by atoms with Gasteiger partial charge in [-0.15, -0.1) is 11.6 Å². The van der Waals surface area contributed by atoms with Crippen LogP contribution in [-0.4, -0.2) is 5.38 Å². The highest BCUT2D eigenvalue weighted by Gasteiger charge is 2.39. The van der Waals surface area contributed by atoms with Crippen LogP contribution in [-0.2, 0) is 0 Å². The maximum atomic E-state index is 6.40. The lowest BCUT2D eigenvalue weighted by Crippen LogP contribution is -2.36.